The van der Waals surface area contributed by atoms with Gasteiger partial charge in [0.2, 0.25) is 5.91 Å². The van der Waals surface area contributed by atoms with E-state index in [0.29, 0.717) is 37.3 Å². The Balaban J connectivity index is 2.44. The molecule has 0 aromatic heterocycles. The fourth-order valence-corrected chi connectivity index (χ4v) is 1.93. The molecule has 5 heteroatoms. The number of nitrogens with zero attached hydrogens (tertiary/aromatic N) is 1. The van der Waals surface area contributed by atoms with Crippen LogP contribution in [-0.2, 0) is 4.79 Å². The van der Waals surface area contributed by atoms with Gasteiger partial charge in [-0.05, 0) is 25.0 Å². The second-order valence-electron chi connectivity index (χ2n) is 4.94. The van der Waals surface area contributed by atoms with Crippen LogP contribution in [0.25, 0.3) is 0 Å². The molecule has 1 atom stereocenters. The normalized spacial score (nSPS) is 11.5. The maximum Gasteiger partial charge on any atom is 0.225 e. The zero-order valence-electron chi connectivity index (χ0n) is 12.5. The number of rotatable bonds is 9. The number of carbonyl (C=O) groups is 1. The molecule has 114 valence electrons. The zero-order valence-corrected chi connectivity index (χ0v) is 12.5. The van der Waals surface area contributed by atoms with Crippen LogP contribution in [0.4, 0.5) is 5.69 Å². The van der Waals surface area contributed by atoms with E-state index in [-0.39, 0.29) is 11.9 Å². The van der Waals surface area contributed by atoms with Gasteiger partial charge in [-0.3, -0.25) is 4.79 Å². The second kappa shape index (κ2) is 9.78. The van der Waals surface area contributed by atoms with Gasteiger partial charge in [-0.25, -0.2) is 0 Å². The van der Waals surface area contributed by atoms with Crippen molar-refractivity contribution in [2.45, 2.75) is 45.1 Å². The highest BCUT2D eigenvalue weighted by Gasteiger charge is 2.09. The molecular weight excluding hydrogens is 266 g/mol. The molecule has 1 aromatic carbocycles. The molecule has 3 N–H and O–H groups in total. The van der Waals surface area contributed by atoms with E-state index in [1.165, 1.54) is 0 Å². The minimum atomic E-state index is -0.0968. The van der Waals surface area contributed by atoms with Gasteiger partial charge >= 0.3 is 0 Å². The summed E-state index contributed by atoms with van der Waals surface area (Å²) in [6.45, 7) is 2.54. The molecule has 1 rings (SSSR count). The first-order valence-electron chi connectivity index (χ1n) is 7.31. The van der Waals surface area contributed by atoms with E-state index in [9.17, 15) is 4.79 Å². The first kappa shape index (κ1) is 17.0. The maximum absolute atomic E-state index is 11.8. The first-order valence-corrected chi connectivity index (χ1v) is 7.31. The number of anilines is 1. The average Bonchev–Trinajstić information content (AvgIpc) is 2.44. The number of hydrogen-bond donors (Lipinski definition) is 2. The van der Waals surface area contributed by atoms with E-state index in [0.717, 1.165) is 12.8 Å². The molecule has 0 aliphatic heterocycles. The molecule has 0 bridgehead atoms. The Morgan fingerprint density at radius 3 is 3.05 bits per heavy atom. The standard InChI is InChI=1S/C16H23N3O2/c1-2-6-13(18)11-16(20)19-14-7-5-8-15(12-14)21-10-4-3-9-17/h5,7-8,12-13H,2-4,6,10-11,18H2,1H3,(H,19,20). The van der Waals surface area contributed by atoms with Crippen LogP contribution in [0.5, 0.6) is 5.75 Å². The summed E-state index contributed by atoms with van der Waals surface area (Å²) in [5.74, 6) is 0.598. The number of ether oxygens (including phenoxy) is 1. The van der Waals surface area contributed by atoms with Gasteiger partial charge in [-0.2, -0.15) is 5.26 Å². The van der Waals surface area contributed by atoms with Gasteiger partial charge in [-0.1, -0.05) is 19.4 Å². The molecule has 1 unspecified atom stereocenters. The molecule has 0 heterocycles. The number of benzene rings is 1. The summed E-state index contributed by atoms with van der Waals surface area (Å²) >= 11 is 0. The Labute approximate surface area is 126 Å². The lowest BCUT2D eigenvalue weighted by Gasteiger charge is -2.11. The minimum Gasteiger partial charge on any atom is -0.493 e. The number of nitrogens with two attached hydrogens (primary N) is 1. The zero-order chi connectivity index (χ0) is 15.5. The number of carbonyl (C=O) groups excluding carboxylic acids is 1. The highest BCUT2D eigenvalue weighted by Crippen LogP contribution is 2.18. The topological polar surface area (TPSA) is 88.1 Å². The number of amides is 1. The van der Waals surface area contributed by atoms with Crippen molar-refractivity contribution in [2.24, 2.45) is 5.73 Å². The van der Waals surface area contributed by atoms with E-state index >= 15 is 0 Å². The minimum absolute atomic E-state index is 0.0856. The van der Waals surface area contributed by atoms with Crippen LogP contribution in [0.3, 0.4) is 0 Å². The summed E-state index contributed by atoms with van der Waals surface area (Å²) in [6.07, 6.45) is 3.31. The largest absolute Gasteiger partial charge is 0.493 e. The molecule has 0 aliphatic carbocycles. The van der Waals surface area contributed by atoms with Crippen LogP contribution in [0, 0.1) is 11.3 Å². The van der Waals surface area contributed by atoms with E-state index in [2.05, 4.69) is 11.4 Å². The quantitative estimate of drug-likeness (QED) is 0.684. The third kappa shape index (κ3) is 7.33. The van der Waals surface area contributed by atoms with E-state index < -0.39 is 0 Å². The fraction of sp³-hybridized carbons (Fsp3) is 0.500. The van der Waals surface area contributed by atoms with Crippen molar-refractivity contribution in [3.05, 3.63) is 24.3 Å². The van der Waals surface area contributed by atoms with E-state index in [4.69, 9.17) is 15.7 Å². The molecule has 5 nitrogen and oxygen atoms in total. The molecule has 21 heavy (non-hydrogen) atoms. The van der Waals surface area contributed by atoms with Gasteiger partial charge < -0.3 is 15.8 Å². The lowest BCUT2D eigenvalue weighted by Crippen LogP contribution is -2.26. The lowest BCUT2D eigenvalue weighted by molar-refractivity contribution is -0.116. The van der Waals surface area contributed by atoms with Crippen molar-refractivity contribution in [1.82, 2.24) is 0 Å². The third-order valence-corrected chi connectivity index (χ3v) is 2.93. The van der Waals surface area contributed by atoms with E-state index in [1.807, 2.05) is 25.1 Å². The lowest BCUT2D eigenvalue weighted by atomic mass is 10.1. The summed E-state index contributed by atoms with van der Waals surface area (Å²) < 4.78 is 5.52. The molecule has 0 spiro atoms. The van der Waals surface area contributed by atoms with Crippen molar-refractivity contribution < 1.29 is 9.53 Å². The molecule has 0 aliphatic rings. The smallest absolute Gasteiger partial charge is 0.225 e. The molecule has 1 amide bonds. The Morgan fingerprint density at radius 1 is 1.52 bits per heavy atom. The number of nitriles is 1. The summed E-state index contributed by atoms with van der Waals surface area (Å²) in [5, 5.41) is 11.3. The molecule has 0 saturated carbocycles. The Morgan fingerprint density at radius 2 is 2.33 bits per heavy atom. The highest BCUT2D eigenvalue weighted by molar-refractivity contribution is 5.91. The van der Waals surface area contributed by atoms with E-state index in [1.54, 1.807) is 6.07 Å². The Kier molecular flexibility index (Phi) is 7.92. The third-order valence-electron chi connectivity index (χ3n) is 2.93. The summed E-state index contributed by atoms with van der Waals surface area (Å²) in [7, 11) is 0. The first-order chi connectivity index (χ1) is 10.2. The van der Waals surface area contributed by atoms with Gasteiger partial charge in [0, 0.05) is 30.6 Å². The van der Waals surface area contributed by atoms with Crippen molar-refractivity contribution in [3.8, 4) is 11.8 Å². The predicted molar refractivity (Wildman–Crippen MR) is 82.9 cm³/mol. The summed E-state index contributed by atoms with van der Waals surface area (Å²) in [4.78, 5) is 11.8. The Hall–Kier alpha value is -2.06. The van der Waals surface area contributed by atoms with Crippen molar-refractivity contribution in [1.29, 1.82) is 5.26 Å². The molecule has 1 aromatic rings. The van der Waals surface area contributed by atoms with Crippen LogP contribution in [0.15, 0.2) is 24.3 Å². The summed E-state index contributed by atoms with van der Waals surface area (Å²) in [6, 6.07) is 9.20. The highest BCUT2D eigenvalue weighted by atomic mass is 16.5. The van der Waals surface area contributed by atoms with Crippen LogP contribution in [0.1, 0.15) is 39.0 Å². The number of unbranched alkanes of at least 4 members (excludes halogenated alkanes) is 1. The molecule has 0 fully saturated rings. The Bertz CT molecular complexity index is 483. The van der Waals surface area contributed by atoms with Crippen LogP contribution in [0.2, 0.25) is 0 Å². The maximum atomic E-state index is 11.8. The van der Waals surface area contributed by atoms with Crippen LogP contribution >= 0.6 is 0 Å². The molecular formula is C16H23N3O2. The van der Waals surface area contributed by atoms with Crippen LogP contribution < -0.4 is 15.8 Å². The van der Waals surface area contributed by atoms with Crippen molar-refractivity contribution >= 4 is 11.6 Å². The fourth-order valence-electron chi connectivity index (χ4n) is 1.93. The van der Waals surface area contributed by atoms with Gasteiger partial charge in [0.15, 0.2) is 0 Å². The predicted octanol–water partition coefficient (Wildman–Crippen LogP) is 2.83. The van der Waals surface area contributed by atoms with Crippen molar-refractivity contribution in [3.63, 3.8) is 0 Å². The second-order valence-corrected chi connectivity index (χ2v) is 4.94. The summed E-state index contributed by atoms with van der Waals surface area (Å²) in [5.41, 5.74) is 6.55. The van der Waals surface area contributed by atoms with Gasteiger partial charge in [0.1, 0.15) is 5.75 Å². The average molecular weight is 289 g/mol. The van der Waals surface area contributed by atoms with Crippen LogP contribution in [-0.4, -0.2) is 18.6 Å². The number of hydrogen-bond acceptors (Lipinski definition) is 4. The van der Waals surface area contributed by atoms with Gasteiger partial charge in [0.05, 0.1) is 12.7 Å². The van der Waals surface area contributed by atoms with Crippen molar-refractivity contribution in [2.75, 3.05) is 11.9 Å². The van der Waals surface area contributed by atoms with Gasteiger partial charge in [-0.15, -0.1) is 0 Å². The number of nitrogens with one attached hydrogen (secondary N) is 1. The monoisotopic (exact) mass is 289 g/mol. The molecule has 0 radical (unpaired) electrons. The molecule has 0 saturated heterocycles. The SMILES string of the molecule is CCCC(N)CC(=O)Nc1cccc(OCCCC#N)c1. The van der Waals surface area contributed by atoms with Gasteiger partial charge in [0.25, 0.3) is 0 Å².